The second-order valence-corrected chi connectivity index (χ2v) is 11.1. The highest BCUT2D eigenvalue weighted by atomic mass is 35.5. The maximum Gasteiger partial charge on any atom is 0.410 e. The van der Waals surface area contributed by atoms with Gasteiger partial charge in [-0.15, -0.1) is 0 Å². The molecule has 36 heavy (non-hydrogen) atoms. The van der Waals surface area contributed by atoms with Crippen LogP contribution in [-0.2, 0) is 16.0 Å². The lowest BCUT2D eigenvalue weighted by Crippen LogP contribution is -2.48. The number of hydrogen-bond donors (Lipinski definition) is 0. The molecule has 2 saturated heterocycles. The summed E-state index contributed by atoms with van der Waals surface area (Å²) in [6.07, 6.45) is 3.75. The standard InChI is InChI=1S/C27H34ClN5O3/c1-18-7-6-12-32(18)23-11-10-19(15-29-23)25-30-24-21(28)8-5-9-22(24)33(25)17-20-16-31(13-14-35-20)26(34)36-27(2,3)4/h5,8-11,15,18,20H,6-7,12-14,16-17H2,1-4H3/t18-,20-/m0/s1. The van der Waals surface area contributed by atoms with Gasteiger partial charge in [0.15, 0.2) is 0 Å². The lowest BCUT2D eigenvalue weighted by atomic mass is 10.2. The molecule has 9 heteroatoms. The molecule has 8 nitrogen and oxygen atoms in total. The van der Waals surface area contributed by atoms with Gasteiger partial charge in [0.05, 0.1) is 36.3 Å². The van der Waals surface area contributed by atoms with Gasteiger partial charge in [0.2, 0.25) is 0 Å². The van der Waals surface area contributed by atoms with Gasteiger partial charge in [-0.3, -0.25) is 0 Å². The maximum absolute atomic E-state index is 12.7. The molecular formula is C27H34ClN5O3. The average molecular weight is 512 g/mol. The van der Waals surface area contributed by atoms with Crippen molar-refractivity contribution in [2.24, 2.45) is 0 Å². The lowest BCUT2D eigenvalue weighted by molar-refractivity contribution is -0.0468. The summed E-state index contributed by atoms with van der Waals surface area (Å²) in [5, 5.41) is 0.600. The van der Waals surface area contributed by atoms with Crippen molar-refractivity contribution in [3.8, 4) is 11.4 Å². The van der Waals surface area contributed by atoms with Crippen molar-refractivity contribution < 1.29 is 14.3 Å². The first kappa shape index (κ1) is 24.8. The zero-order valence-electron chi connectivity index (χ0n) is 21.4. The van der Waals surface area contributed by atoms with Crippen LogP contribution in [0.2, 0.25) is 5.02 Å². The third kappa shape index (κ3) is 5.15. The fourth-order valence-corrected chi connectivity index (χ4v) is 5.22. The van der Waals surface area contributed by atoms with Gasteiger partial charge < -0.3 is 23.8 Å². The van der Waals surface area contributed by atoms with Crippen molar-refractivity contribution in [2.45, 2.75) is 64.8 Å². The molecule has 2 aromatic heterocycles. The molecule has 4 heterocycles. The van der Waals surface area contributed by atoms with Crippen molar-refractivity contribution in [1.29, 1.82) is 0 Å². The first-order valence-corrected chi connectivity index (χ1v) is 13.0. The van der Waals surface area contributed by atoms with Crippen LogP contribution in [0.25, 0.3) is 22.4 Å². The smallest absolute Gasteiger partial charge is 0.410 e. The number of halogens is 1. The topological polar surface area (TPSA) is 72.7 Å². The second kappa shape index (κ2) is 9.90. The number of fused-ring (bicyclic) bond motifs is 1. The molecule has 192 valence electrons. The minimum atomic E-state index is -0.540. The molecule has 1 amide bonds. The van der Waals surface area contributed by atoms with Crippen LogP contribution in [0.4, 0.5) is 10.6 Å². The van der Waals surface area contributed by atoms with E-state index < -0.39 is 5.60 Å². The minimum Gasteiger partial charge on any atom is -0.444 e. The van der Waals surface area contributed by atoms with E-state index in [0.717, 1.165) is 34.8 Å². The molecule has 0 spiro atoms. The number of nitrogens with zero attached hydrogens (tertiary/aromatic N) is 5. The van der Waals surface area contributed by atoms with Crippen molar-refractivity contribution in [1.82, 2.24) is 19.4 Å². The zero-order chi connectivity index (χ0) is 25.4. The first-order valence-electron chi connectivity index (χ1n) is 12.7. The SMILES string of the molecule is C[C@H]1CCCN1c1ccc(-c2nc3c(Cl)cccc3n2C[C@@H]2CN(C(=O)OC(C)(C)C)CCO2)cn1. The monoisotopic (exact) mass is 511 g/mol. The van der Waals surface area contributed by atoms with Crippen molar-refractivity contribution in [3.63, 3.8) is 0 Å². The molecule has 0 radical (unpaired) electrons. The molecule has 0 saturated carbocycles. The number of imidazole rings is 1. The van der Waals surface area contributed by atoms with E-state index in [0.29, 0.717) is 37.3 Å². The Bertz CT molecular complexity index is 1240. The number of hydrogen-bond acceptors (Lipinski definition) is 6. The fraction of sp³-hybridized carbons (Fsp3) is 0.519. The Morgan fingerprint density at radius 3 is 2.75 bits per heavy atom. The number of pyridine rings is 1. The molecule has 2 atom stereocenters. The van der Waals surface area contributed by atoms with E-state index in [1.165, 1.54) is 12.8 Å². The Hall–Kier alpha value is -2.84. The Morgan fingerprint density at radius 1 is 1.22 bits per heavy atom. The summed E-state index contributed by atoms with van der Waals surface area (Å²) >= 11 is 6.53. The molecule has 0 N–H and O–H groups in total. The summed E-state index contributed by atoms with van der Waals surface area (Å²) < 4.78 is 13.8. The van der Waals surface area contributed by atoms with E-state index in [2.05, 4.69) is 28.5 Å². The third-order valence-corrected chi connectivity index (χ3v) is 7.06. The number of carbonyl (C=O) groups is 1. The van der Waals surface area contributed by atoms with Gasteiger partial charge in [-0.2, -0.15) is 0 Å². The van der Waals surface area contributed by atoms with Gasteiger partial charge in [0.1, 0.15) is 22.8 Å². The largest absolute Gasteiger partial charge is 0.444 e. The molecule has 0 bridgehead atoms. The number of morpholine rings is 1. The average Bonchev–Trinajstić information content (AvgIpc) is 3.43. The summed E-state index contributed by atoms with van der Waals surface area (Å²) in [5.41, 5.74) is 2.04. The van der Waals surface area contributed by atoms with E-state index in [1.807, 2.05) is 45.2 Å². The minimum absolute atomic E-state index is 0.209. The van der Waals surface area contributed by atoms with E-state index in [-0.39, 0.29) is 12.2 Å². The number of aromatic nitrogens is 3. The van der Waals surface area contributed by atoms with Crippen LogP contribution in [0, 0.1) is 0 Å². The predicted molar refractivity (Wildman–Crippen MR) is 142 cm³/mol. The fourth-order valence-electron chi connectivity index (χ4n) is 5.01. The molecule has 2 aliphatic heterocycles. The van der Waals surface area contributed by atoms with Crippen molar-refractivity contribution in [3.05, 3.63) is 41.6 Å². The summed E-state index contributed by atoms with van der Waals surface area (Å²) in [6, 6.07) is 10.4. The number of anilines is 1. The van der Waals surface area contributed by atoms with Crippen LogP contribution in [0.15, 0.2) is 36.5 Å². The van der Waals surface area contributed by atoms with Gasteiger partial charge >= 0.3 is 6.09 Å². The Balaban J connectivity index is 1.43. The van der Waals surface area contributed by atoms with Crippen LogP contribution >= 0.6 is 11.6 Å². The molecule has 0 unspecified atom stereocenters. The van der Waals surface area contributed by atoms with E-state index in [4.69, 9.17) is 31.0 Å². The predicted octanol–water partition coefficient (Wildman–Crippen LogP) is 5.38. The van der Waals surface area contributed by atoms with Crippen LogP contribution in [0.1, 0.15) is 40.5 Å². The zero-order valence-corrected chi connectivity index (χ0v) is 22.2. The highest BCUT2D eigenvalue weighted by Crippen LogP contribution is 2.31. The number of rotatable bonds is 4. The Labute approximate surface area is 217 Å². The highest BCUT2D eigenvalue weighted by Gasteiger charge is 2.30. The molecule has 0 aliphatic carbocycles. The Morgan fingerprint density at radius 2 is 2.06 bits per heavy atom. The molecule has 2 fully saturated rings. The Kier molecular flexibility index (Phi) is 6.83. The molecule has 5 rings (SSSR count). The van der Waals surface area contributed by atoms with Gasteiger partial charge in [-0.1, -0.05) is 17.7 Å². The maximum atomic E-state index is 12.7. The van der Waals surface area contributed by atoms with Gasteiger partial charge in [-0.05, 0) is 64.8 Å². The van der Waals surface area contributed by atoms with Crippen LogP contribution in [0.5, 0.6) is 0 Å². The van der Waals surface area contributed by atoms with E-state index in [9.17, 15) is 4.79 Å². The van der Waals surface area contributed by atoms with Gasteiger partial charge in [-0.25, -0.2) is 14.8 Å². The molecule has 1 aromatic carbocycles. The molecular weight excluding hydrogens is 478 g/mol. The van der Waals surface area contributed by atoms with Crippen LogP contribution in [-0.4, -0.2) is 69.5 Å². The normalized spacial score (nSPS) is 20.8. The summed E-state index contributed by atoms with van der Waals surface area (Å²) in [6.45, 7) is 10.8. The summed E-state index contributed by atoms with van der Waals surface area (Å²) in [7, 11) is 0. The highest BCUT2D eigenvalue weighted by molar-refractivity contribution is 6.35. The molecule has 2 aliphatic rings. The number of ether oxygens (including phenoxy) is 2. The van der Waals surface area contributed by atoms with E-state index in [1.54, 1.807) is 4.90 Å². The third-order valence-electron chi connectivity index (χ3n) is 6.76. The number of amides is 1. The summed E-state index contributed by atoms with van der Waals surface area (Å²) in [4.78, 5) is 26.4. The van der Waals surface area contributed by atoms with Crippen LogP contribution < -0.4 is 4.90 Å². The van der Waals surface area contributed by atoms with Crippen molar-refractivity contribution >= 4 is 34.5 Å². The first-order chi connectivity index (χ1) is 17.2. The lowest BCUT2D eigenvalue weighted by Gasteiger charge is -2.34. The molecule has 3 aromatic rings. The van der Waals surface area contributed by atoms with Crippen LogP contribution in [0.3, 0.4) is 0 Å². The van der Waals surface area contributed by atoms with Gasteiger partial charge in [0, 0.05) is 30.9 Å². The second-order valence-electron chi connectivity index (χ2n) is 10.7. The quantitative estimate of drug-likeness (QED) is 0.468. The van der Waals surface area contributed by atoms with E-state index >= 15 is 0 Å². The number of benzene rings is 1. The van der Waals surface area contributed by atoms with Crippen molar-refractivity contribution in [2.75, 3.05) is 31.1 Å². The number of carbonyl (C=O) groups excluding carboxylic acids is 1. The summed E-state index contributed by atoms with van der Waals surface area (Å²) in [5.74, 6) is 1.78. The number of para-hydroxylation sites is 1. The van der Waals surface area contributed by atoms with Gasteiger partial charge in [0.25, 0.3) is 0 Å².